The lowest BCUT2D eigenvalue weighted by Crippen LogP contribution is -2.33. The molecular formula is C17H19NO3. The maximum Gasteiger partial charge on any atom is 0.373 e. The summed E-state index contributed by atoms with van der Waals surface area (Å²) in [6.45, 7) is 2.92. The Labute approximate surface area is 124 Å². The van der Waals surface area contributed by atoms with E-state index in [2.05, 4.69) is 36.5 Å². The average Bonchev–Trinajstić information content (AvgIpc) is 2.96. The Bertz CT molecular complexity index is 647. The van der Waals surface area contributed by atoms with Crippen LogP contribution >= 0.6 is 0 Å². The SMILES string of the molecule is CCNC(c1ccc(C(=O)OC)o1)C1Cc2ccccc21. The molecule has 21 heavy (non-hydrogen) atoms. The van der Waals surface area contributed by atoms with Crippen LogP contribution in [0.25, 0.3) is 0 Å². The van der Waals surface area contributed by atoms with Gasteiger partial charge in [-0.15, -0.1) is 0 Å². The third kappa shape index (κ3) is 2.47. The molecule has 0 amide bonds. The summed E-state index contributed by atoms with van der Waals surface area (Å²) in [5, 5.41) is 3.47. The molecule has 0 fully saturated rings. The highest BCUT2D eigenvalue weighted by Crippen LogP contribution is 2.43. The number of hydrogen-bond acceptors (Lipinski definition) is 4. The van der Waals surface area contributed by atoms with Crippen LogP contribution in [-0.4, -0.2) is 19.6 Å². The van der Waals surface area contributed by atoms with Gasteiger partial charge in [-0.2, -0.15) is 0 Å². The molecule has 1 aliphatic carbocycles. The van der Waals surface area contributed by atoms with Gasteiger partial charge in [0.05, 0.1) is 13.2 Å². The minimum Gasteiger partial charge on any atom is -0.463 e. The Morgan fingerprint density at radius 1 is 1.38 bits per heavy atom. The van der Waals surface area contributed by atoms with Crippen molar-refractivity contribution in [3.05, 3.63) is 59.0 Å². The summed E-state index contributed by atoms with van der Waals surface area (Å²) in [7, 11) is 1.36. The molecule has 1 aliphatic rings. The van der Waals surface area contributed by atoms with Crippen molar-refractivity contribution in [1.82, 2.24) is 5.32 Å². The Balaban J connectivity index is 1.86. The van der Waals surface area contributed by atoms with Crippen LogP contribution < -0.4 is 5.32 Å². The first-order valence-electron chi connectivity index (χ1n) is 7.23. The molecule has 1 aromatic carbocycles. The van der Waals surface area contributed by atoms with Crippen molar-refractivity contribution in [2.75, 3.05) is 13.7 Å². The Hall–Kier alpha value is -2.07. The van der Waals surface area contributed by atoms with Crippen LogP contribution in [0.4, 0.5) is 0 Å². The summed E-state index contributed by atoms with van der Waals surface area (Å²) >= 11 is 0. The van der Waals surface area contributed by atoms with Crippen LogP contribution in [-0.2, 0) is 11.2 Å². The second-order valence-electron chi connectivity index (χ2n) is 5.24. The monoisotopic (exact) mass is 285 g/mol. The second-order valence-corrected chi connectivity index (χ2v) is 5.24. The van der Waals surface area contributed by atoms with Gasteiger partial charge in [0.2, 0.25) is 5.76 Å². The van der Waals surface area contributed by atoms with E-state index in [1.165, 1.54) is 18.2 Å². The van der Waals surface area contributed by atoms with E-state index >= 15 is 0 Å². The standard InChI is InChI=1S/C17H19NO3/c1-3-18-16(13-10-11-6-4-5-7-12(11)13)14-8-9-15(21-14)17(19)20-2/h4-9,13,16,18H,3,10H2,1-2H3. The minimum atomic E-state index is -0.439. The van der Waals surface area contributed by atoms with Crippen molar-refractivity contribution in [3.8, 4) is 0 Å². The maximum atomic E-state index is 11.5. The lowest BCUT2D eigenvalue weighted by atomic mass is 9.73. The average molecular weight is 285 g/mol. The molecule has 2 unspecified atom stereocenters. The molecule has 0 bridgehead atoms. The molecule has 0 radical (unpaired) electrons. The quantitative estimate of drug-likeness (QED) is 0.858. The fourth-order valence-electron chi connectivity index (χ4n) is 2.99. The molecule has 4 nitrogen and oxygen atoms in total. The highest BCUT2D eigenvalue weighted by molar-refractivity contribution is 5.86. The maximum absolute atomic E-state index is 11.5. The van der Waals surface area contributed by atoms with E-state index in [-0.39, 0.29) is 11.8 Å². The summed E-state index contributed by atoms with van der Waals surface area (Å²) in [5.41, 5.74) is 2.75. The van der Waals surface area contributed by atoms with E-state index in [1.54, 1.807) is 6.07 Å². The fourth-order valence-corrected chi connectivity index (χ4v) is 2.99. The molecule has 0 saturated heterocycles. The van der Waals surface area contributed by atoms with Gasteiger partial charge in [0, 0.05) is 5.92 Å². The lowest BCUT2D eigenvalue weighted by Gasteiger charge is -2.36. The van der Waals surface area contributed by atoms with Crippen LogP contribution in [0.2, 0.25) is 0 Å². The fraction of sp³-hybridized carbons (Fsp3) is 0.353. The predicted octanol–water partition coefficient (Wildman–Crippen LogP) is 3.06. The highest BCUT2D eigenvalue weighted by Gasteiger charge is 2.35. The largest absolute Gasteiger partial charge is 0.463 e. The summed E-state index contributed by atoms with van der Waals surface area (Å²) in [5.74, 6) is 0.989. The van der Waals surface area contributed by atoms with Crippen LogP contribution in [0.3, 0.4) is 0 Å². The summed E-state index contributed by atoms with van der Waals surface area (Å²) in [4.78, 5) is 11.5. The zero-order chi connectivity index (χ0) is 14.8. The second kappa shape index (κ2) is 5.74. The summed E-state index contributed by atoms with van der Waals surface area (Å²) in [6.07, 6.45) is 1.03. The van der Waals surface area contributed by atoms with Crippen molar-refractivity contribution in [3.63, 3.8) is 0 Å². The number of likely N-dealkylation sites (N-methyl/N-ethyl adjacent to an activating group) is 1. The molecule has 0 spiro atoms. The molecule has 0 saturated carbocycles. The number of furan rings is 1. The van der Waals surface area contributed by atoms with Gasteiger partial charge in [-0.05, 0) is 36.2 Å². The lowest BCUT2D eigenvalue weighted by molar-refractivity contribution is 0.0561. The summed E-state index contributed by atoms with van der Waals surface area (Å²) in [6, 6.07) is 12.1. The molecule has 1 heterocycles. The van der Waals surface area contributed by atoms with Crippen molar-refractivity contribution in [1.29, 1.82) is 0 Å². The van der Waals surface area contributed by atoms with Gasteiger partial charge < -0.3 is 14.5 Å². The third-order valence-electron chi connectivity index (χ3n) is 4.04. The molecular weight excluding hydrogens is 266 g/mol. The van der Waals surface area contributed by atoms with Crippen molar-refractivity contribution in [2.24, 2.45) is 0 Å². The van der Waals surface area contributed by atoms with E-state index in [4.69, 9.17) is 9.15 Å². The van der Waals surface area contributed by atoms with Gasteiger partial charge in [0.25, 0.3) is 0 Å². The predicted molar refractivity (Wildman–Crippen MR) is 79.4 cm³/mol. The first kappa shape index (κ1) is 13.9. The third-order valence-corrected chi connectivity index (χ3v) is 4.04. The number of carbonyl (C=O) groups excluding carboxylic acids is 1. The number of benzene rings is 1. The number of fused-ring (bicyclic) bond motifs is 1. The molecule has 3 rings (SSSR count). The van der Waals surface area contributed by atoms with Gasteiger partial charge in [-0.25, -0.2) is 4.79 Å². The number of rotatable bonds is 5. The van der Waals surface area contributed by atoms with Crippen LogP contribution in [0.5, 0.6) is 0 Å². The minimum absolute atomic E-state index is 0.0864. The molecule has 0 aliphatic heterocycles. The van der Waals surface area contributed by atoms with Gasteiger partial charge in [-0.3, -0.25) is 0 Å². The van der Waals surface area contributed by atoms with Crippen LogP contribution in [0, 0.1) is 0 Å². The van der Waals surface area contributed by atoms with Crippen LogP contribution in [0.15, 0.2) is 40.8 Å². The molecule has 1 N–H and O–H groups in total. The molecule has 4 heteroatoms. The van der Waals surface area contributed by atoms with Crippen molar-refractivity contribution in [2.45, 2.75) is 25.3 Å². The first-order valence-corrected chi connectivity index (χ1v) is 7.23. The molecule has 2 aromatic rings. The zero-order valence-corrected chi connectivity index (χ0v) is 12.3. The molecule has 110 valence electrons. The Morgan fingerprint density at radius 3 is 2.90 bits per heavy atom. The van der Waals surface area contributed by atoms with Crippen molar-refractivity contribution < 1.29 is 13.9 Å². The zero-order valence-electron chi connectivity index (χ0n) is 12.3. The van der Waals surface area contributed by atoms with Gasteiger partial charge >= 0.3 is 5.97 Å². The van der Waals surface area contributed by atoms with E-state index < -0.39 is 5.97 Å². The van der Waals surface area contributed by atoms with Crippen LogP contribution in [0.1, 0.15) is 46.3 Å². The Kier molecular flexibility index (Phi) is 3.80. The molecule has 1 aromatic heterocycles. The highest BCUT2D eigenvalue weighted by atomic mass is 16.5. The van der Waals surface area contributed by atoms with Gasteiger partial charge in [-0.1, -0.05) is 31.2 Å². The van der Waals surface area contributed by atoms with E-state index in [0.29, 0.717) is 5.92 Å². The topological polar surface area (TPSA) is 51.5 Å². The molecule has 2 atom stereocenters. The van der Waals surface area contributed by atoms with Gasteiger partial charge in [0.15, 0.2) is 0 Å². The van der Waals surface area contributed by atoms with E-state index in [9.17, 15) is 4.79 Å². The number of carbonyl (C=O) groups is 1. The first-order chi connectivity index (χ1) is 10.2. The number of nitrogens with one attached hydrogen (secondary N) is 1. The summed E-state index contributed by atoms with van der Waals surface area (Å²) < 4.78 is 10.4. The number of methoxy groups -OCH3 is 1. The number of ether oxygens (including phenoxy) is 1. The Morgan fingerprint density at radius 2 is 2.19 bits per heavy atom. The van der Waals surface area contributed by atoms with E-state index in [1.807, 2.05) is 6.07 Å². The number of hydrogen-bond donors (Lipinski definition) is 1. The number of esters is 1. The normalized spacial score (nSPS) is 17.7. The van der Waals surface area contributed by atoms with Gasteiger partial charge in [0.1, 0.15) is 5.76 Å². The van der Waals surface area contributed by atoms with Crippen molar-refractivity contribution >= 4 is 5.97 Å². The van der Waals surface area contributed by atoms with E-state index in [0.717, 1.165) is 18.7 Å². The smallest absolute Gasteiger partial charge is 0.373 e.